The van der Waals surface area contributed by atoms with E-state index in [1.165, 1.54) is 31.4 Å². The summed E-state index contributed by atoms with van der Waals surface area (Å²) in [5.74, 6) is 0.199. The quantitative estimate of drug-likeness (QED) is 0.832. The average molecular weight is 222 g/mol. The average Bonchev–Trinajstić information content (AvgIpc) is 2.30. The molecule has 0 saturated heterocycles. The molecule has 1 aliphatic rings. The lowest BCUT2D eigenvalue weighted by Crippen LogP contribution is -2.24. The SMILES string of the molecule is OC(Cc1cccc(F)c1)C1CCCCC1. The lowest BCUT2D eigenvalue weighted by molar-refractivity contribution is 0.0850. The van der Waals surface area contributed by atoms with Gasteiger partial charge in [0.1, 0.15) is 5.82 Å². The van der Waals surface area contributed by atoms with E-state index in [1.807, 2.05) is 6.07 Å². The van der Waals surface area contributed by atoms with Crippen LogP contribution in [0.4, 0.5) is 4.39 Å². The molecule has 0 aliphatic heterocycles. The summed E-state index contributed by atoms with van der Waals surface area (Å²) in [6.07, 6.45) is 6.27. The van der Waals surface area contributed by atoms with E-state index in [4.69, 9.17) is 0 Å². The zero-order valence-corrected chi connectivity index (χ0v) is 9.53. The maximum Gasteiger partial charge on any atom is 0.123 e. The van der Waals surface area contributed by atoms with E-state index < -0.39 is 0 Å². The predicted octanol–water partition coefficient (Wildman–Crippen LogP) is 3.31. The van der Waals surface area contributed by atoms with Gasteiger partial charge in [-0.1, -0.05) is 31.4 Å². The lowest BCUT2D eigenvalue weighted by atomic mass is 9.83. The first-order valence-corrected chi connectivity index (χ1v) is 6.18. The van der Waals surface area contributed by atoms with Crippen LogP contribution in [0.25, 0.3) is 0 Å². The molecule has 0 radical (unpaired) electrons. The fraction of sp³-hybridized carbons (Fsp3) is 0.571. The highest BCUT2D eigenvalue weighted by atomic mass is 19.1. The van der Waals surface area contributed by atoms with Gasteiger partial charge in [-0.3, -0.25) is 0 Å². The van der Waals surface area contributed by atoms with Gasteiger partial charge < -0.3 is 5.11 Å². The van der Waals surface area contributed by atoms with Crippen LogP contribution in [0.1, 0.15) is 37.7 Å². The maximum atomic E-state index is 13.0. The van der Waals surface area contributed by atoms with Crippen molar-refractivity contribution in [2.45, 2.75) is 44.6 Å². The number of aliphatic hydroxyl groups is 1. The standard InChI is InChI=1S/C14H19FO/c15-13-8-4-5-11(9-13)10-14(16)12-6-2-1-3-7-12/h4-5,8-9,12,14,16H,1-3,6-7,10H2. The Bertz CT molecular complexity index is 331. The van der Waals surface area contributed by atoms with E-state index in [1.54, 1.807) is 6.07 Å². The zero-order chi connectivity index (χ0) is 11.4. The van der Waals surface area contributed by atoms with E-state index >= 15 is 0 Å². The molecule has 1 aliphatic carbocycles. The largest absolute Gasteiger partial charge is 0.392 e. The van der Waals surface area contributed by atoms with Crippen molar-refractivity contribution in [1.29, 1.82) is 0 Å². The lowest BCUT2D eigenvalue weighted by Gasteiger charge is -2.26. The van der Waals surface area contributed by atoms with Crippen LogP contribution in [0.15, 0.2) is 24.3 Å². The van der Waals surface area contributed by atoms with Crippen LogP contribution in [-0.2, 0) is 6.42 Å². The van der Waals surface area contributed by atoms with Crippen LogP contribution in [-0.4, -0.2) is 11.2 Å². The Morgan fingerprint density at radius 1 is 1.25 bits per heavy atom. The van der Waals surface area contributed by atoms with Crippen LogP contribution in [0.3, 0.4) is 0 Å². The first-order chi connectivity index (χ1) is 7.75. The van der Waals surface area contributed by atoms with Gasteiger partial charge in [0.05, 0.1) is 6.10 Å². The minimum atomic E-state index is -0.304. The second-order valence-electron chi connectivity index (χ2n) is 4.80. The van der Waals surface area contributed by atoms with Crippen LogP contribution in [0.2, 0.25) is 0 Å². The summed E-state index contributed by atoms with van der Waals surface area (Å²) in [5.41, 5.74) is 0.901. The maximum absolute atomic E-state index is 13.0. The number of rotatable bonds is 3. The molecule has 0 spiro atoms. The van der Waals surface area contributed by atoms with Crippen molar-refractivity contribution in [2.75, 3.05) is 0 Å². The minimum absolute atomic E-state index is 0.214. The fourth-order valence-corrected chi connectivity index (χ4v) is 2.59. The van der Waals surface area contributed by atoms with Crippen molar-refractivity contribution in [1.82, 2.24) is 0 Å². The highest BCUT2D eigenvalue weighted by Crippen LogP contribution is 2.27. The summed E-state index contributed by atoms with van der Waals surface area (Å²) in [5, 5.41) is 10.1. The molecule has 0 heterocycles. The molecule has 0 bridgehead atoms. The summed E-state index contributed by atoms with van der Waals surface area (Å²) < 4.78 is 13.0. The van der Waals surface area contributed by atoms with Gasteiger partial charge in [0, 0.05) is 0 Å². The Hall–Kier alpha value is -0.890. The zero-order valence-electron chi connectivity index (χ0n) is 9.53. The van der Waals surface area contributed by atoms with Gasteiger partial charge in [0.25, 0.3) is 0 Å². The second kappa shape index (κ2) is 5.44. The topological polar surface area (TPSA) is 20.2 Å². The van der Waals surface area contributed by atoms with Gasteiger partial charge in [-0.2, -0.15) is 0 Å². The molecule has 88 valence electrons. The number of halogens is 1. The molecule has 1 atom stereocenters. The smallest absolute Gasteiger partial charge is 0.123 e. The normalized spacial score (nSPS) is 19.6. The third kappa shape index (κ3) is 3.05. The molecular formula is C14H19FO. The van der Waals surface area contributed by atoms with E-state index in [2.05, 4.69) is 0 Å². The molecule has 1 unspecified atom stereocenters. The Morgan fingerprint density at radius 2 is 2.00 bits per heavy atom. The van der Waals surface area contributed by atoms with Gasteiger partial charge in [0.15, 0.2) is 0 Å². The van der Waals surface area contributed by atoms with Crippen molar-refractivity contribution < 1.29 is 9.50 Å². The molecule has 1 aromatic rings. The molecule has 0 amide bonds. The van der Waals surface area contributed by atoms with Crippen LogP contribution in [0, 0.1) is 11.7 Å². The first kappa shape index (κ1) is 11.6. The van der Waals surface area contributed by atoms with Gasteiger partial charge in [-0.15, -0.1) is 0 Å². The monoisotopic (exact) mass is 222 g/mol. The first-order valence-electron chi connectivity index (χ1n) is 6.18. The Labute approximate surface area is 96.3 Å². The Morgan fingerprint density at radius 3 is 2.69 bits per heavy atom. The third-order valence-corrected chi connectivity index (χ3v) is 3.53. The van der Waals surface area contributed by atoms with Crippen LogP contribution in [0.5, 0.6) is 0 Å². The number of benzene rings is 1. The van der Waals surface area contributed by atoms with Crippen molar-refractivity contribution in [3.05, 3.63) is 35.6 Å². The number of hydrogen-bond donors (Lipinski definition) is 1. The third-order valence-electron chi connectivity index (χ3n) is 3.53. The van der Waals surface area contributed by atoms with Crippen molar-refractivity contribution >= 4 is 0 Å². The predicted molar refractivity (Wildman–Crippen MR) is 62.7 cm³/mol. The van der Waals surface area contributed by atoms with Gasteiger partial charge in [0.2, 0.25) is 0 Å². The van der Waals surface area contributed by atoms with Gasteiger partial charge in [-0.05, 0) is 42.9 Å². The van der Waals surface area contributed by atoms with Crippen molar-refractivity contribution in [2.24, 2.45) is 5.92 Å². The molecule has 2 rings (SSSR count). The molecular weight excluding hydrogens is 203 g/mol. The minimum Gasteiger partial charge on any atom is -0.392 e. The molecule has 1 saturated carbocycles. The molecule has 1 N–H and O–H groups in total. The number of aliphatic hydroxyl groups excluding tert-OH is 1. The fourth-order valence-electron chi connectivity index (χ4n) is 2.59. The van der Waals surface area contributed by atoms with Gasteiger partial charge in [-0.25, -0.2) is 4.39 Å². The molecule has 1 nitrogen and oxygen atoms in total. The van der Waals surface area contributed by atoms with Gasteiger partial charge >= 0.3 is 0 Å². The summed E-state index contributed by atoms with van der Waals surface area (Å²) in [7, 11) is 0. The highest BCUT2D eigenvalue weighted by Gasteiger charge is 2.21. The second-order valence-corrected chi connectivity index (χ2v) is 4.80. The molecule has 0 aromatic heterocycles. The summed E-state index contributed by atoms with van der Waals surface area (Å²) in [6.45, 7) is 0. The summed E-state index contributed by atoms with van der Waals surface area (Å²) >= 11 is 0. The van der Waals surface area contributed by atoms with Crippen molar-refractivity contribution in [3.8, 4) is 0 Å². The van der Waals surface area contributed by atoms with E-state index in [-0.39, 0.29) is 11.9 Å². The Kier molecular flexibility index (Phi) is 3.94. The van der Waals surface area contributed by atoms with Crippen molar-refractivity contribution in [3.63, 3.8) is 0 Å². The van der Waals surface area contributed by atoms with E-state index in [9.17, 15) is 9.50 Å². The summed E-state index contributed by atoms with van der Waals surface area (Å²) in [4.78, 5) is 0. The van der Waals surface area contributed by atoms with E-state index in [0.29, 0.717) is 12.3 Å². The molecule has 1 aromatic carbocycles. The molecule has 16 heavy (non-hydrogen) atoms. The molecule has 2 heteroatoms. The van der Waals surface area contributed by atoms with E-state index in [0.717, 1.165) is 18.4 Å². The Balaban J connectivity index is 1.93. The van der Waals surface area contributed by atoms with Crippen LogP contribution < -0.4 is 0 Å². The molecule has 1 fully saturated rings. The van der Waals surface area contributed by atoms with Crippen LogP contribution >= 0.6 is 0 Å². The number of hydrogen-bond acceptors (Lipinski definition) is 1. The summed E-state index contributed by atoms with van der Waals surface area (Å²) in [6, 6.07) is 6.55. The highest BCUT2D eigenvalue weighted by molar-refractivity contribution is 5.17.